The first-order valence-electron chi connectivity index (χ1n) is 7.23. The van der Waals surface area contributed by atoms with Crippen molar-refractivity contribution in [1.29, 1.82) is 0 Å². The molecule has 1 saturated heterocycles. The van der Waals surface area contributed by atoms with Gasteiger partial charge < -0.3 is 10.6 Å². The molecule has 0 radical (unpaired) electrons. The number of hydrogen-bond acceptors (Lipinski definition) is 5. The topological polar surface area (TPSA) is 69.9 Å². The molecular weight excluding hydrogens is 268 g/mol. The Labute approximate surface area is 124 Å². The van der Waals surface area contributed by atoms with E-state index in [0.717, 1.165) is 32.7 Å². The van der Waals surface area contributed by atoms with Crippen LogP contribution in [0.4, 0.5) is 5.69 Å². The Morgan fingerprint density at radius 1 is 1.00 bits per heavy atom. The number of carbonyl (C=O) groups is 2. The van der Waals surface area contributed by atoms with Gasteiger partial charge in [-0.1, -0.05) is 0 Å². The number of nitrogen functional groups attached to an aromatic ring is 1. The van der Waals surface area contributed by atoms with Gasteiger partial charge in [0.05, 0.1) is 11.1 Å². The third-order valence-corrected chi connectivity index (χ3v) is 4.23. The number of fused-ring (bicyclic) bond motifs is 1. The molecule has 3 rings (SSSR count). The lowest BCUT2D eigenvalue weighted by molar-refractivity contribution is 0.0621. The van der Waals surface area contributed by atoms with Crippen LogP contribution >= 0.6 is 0 Å². The van der Waals surface area contributed by atoms with Crippen molar-refractivity contribution in [3.63, 3.8) is 0 Å². The van der Waals surface area contributed by atoms with Crippen LogP contribution < -0.4 is 5.73 Å². The van der Waals surface area contributed by atoms with Crippen molar-refractivity contribution in [2.45, 2.75) is 0 Å². The van der Waals surface area contributed by atoms with Crippen molar-refractivity contribution in [3.05, 3.63) is 29.3 Å². The second kappa shape index (κ2) is 5.46. The third-order valence-electron chi connectivity index (χ3n) is 4.23. The van der Waals surface area contributed by atoms with E-state index < -0.39 is 0 Å². The lowest BCUT2D eigenvalue weighted by atomic mass is 10.1. The van der Waals surface area contributed by atoms with E-state index in [2.05, 4.69) is 16.8 Å². The fourth-order valence-electron chi connectivity index (χ4n) is 2.82. The van der Waals surface area contributed by atoms with Crippen molar-refractivity contribution in [2.24, 2.45) is 0 Å². The van der Waals surface area contributed by atoms with E-state index in [1.807, 2.05) is 0 Å². The predicted molar refractivity (Wildman–Crippen MR) is 80.2 cm³/mol. The molecule has 0 aliphatic carbocycles. The molecule has 2 heterocycles. The van der Waals surface area contributed by atoms with Gasteiger partial charge in [0.15, 0.2) is 0 Å². The summed E-state index contributed by atoms with van der Waals surface area (Å²) in [5, 5.41) is 0. The Hall–Kier alpha value is -1.92. The van der Waals surface area contributed by atoms with Crippen molar-refractivity contribution >= 4 is 17.5 Å². The number of benzene rings is 1. The summed E-state index contributed by atoms with van der Waals surface area (Å²) in [6.45, 7) is 5.18. The van der Waals surface area contributed by atoms with Crippen LogP contribution in [0, 0.1) is 0 Å². The molecule has 2 N–H and O–H groups in total. The van der Waals surface area contributed by atoms with Crippen LogP contribution in [0.25, 0.3) is 0 Å². The number of anilines is 1. The van der Waals surface area contributed by atoms with E-state index >= 15 is 0 Å². The molecule has 6 heteroatoms. The van der Waals surface area contributed by atoms with E-state index in [1.165, 1.54) is 4.90 Å². The number of carbonyl (C=O) groups excluding carboxylic acids is 2. The fourth-order valence-corrected chi connectivity index (χ4v) is 2.82. The molecule has 0 bridgehead atoms. The molecule has 0 aromatic heterocycles. The molecule has 112 valence electrons. The van der Waals surface area contributed by atoms with Gasteiger partial charge in [0.1, 0.15) is 0 Å². The minimum atomic E-state index is -0.226. The van der Waals surface area contributed by atoms with Crippen LogP contribution in [0.15, 0.2) is 18.2 Å². The second-order valence-electron chi connectivity index (χ2n) is 5.71. The van der Waals surface area contributed by atoms with Gasteiger partial charge in [0, 0.05) is 45.0 Å². The zero-order valence-electron chi connectivity index (χ0n) is 12.2. The van der Waals surface area contributed by atoms with Gasteiger partial charge in [0.2, 0.25) is 0 Å². The van der Waals surface area contributed by atoms with Gasteiger partial charge in [-0.2, -0.15) is 0 Å². The standard InChI is InChI=1S/C15H20N4O2/c1-17-4-6-18(7-5-17)8-9-19-14(20)12-3-2-11(16)10-13(12)15(19)21/h2-3,10H,4-9,16H2,1H3. The van der Waals surface area contributed by atoms with Crippen molar-refractivity contribution in [3.8, 4) is 0 Å². The molecule has 0 unspecified atom stereocenters. The Balaban J connectivity index is 1.65. The Bertz CT molecular complexity index is 579. The predicted octanol–water partition coefficient (Wildman–Crippen LogP) is 0.112. The van der Waals surface area contributed by atoms with Crippen molar-refractivity contribution < 1.29 is 9.59 Å². The molecule has 2 aliphatic heterocycles. The minimum Gasteiger partial charge on any atom is -0.399 e. The number of likely N-dealkylation sites (N-methyl/N-ethyl adjacent to an activating group) is 1. The van der Waals surface area contributed by atoms with Crippen LogP contribution in [-0.2, 0) is 0 Å². The summed E-state index contributed by atoms with van der Waals surface area (Å²) in [6, 6.07) is 4.89. The van der Waals surface area contributed by atoms with Crippen LogP contribution in [0.3, 0.4) is 0 Å². The number of hydrogen-bond donors (Lipinski definition) is 1. The summed E-state index contributed by atoms with van der Waals surface area (Å²) in [5.74, 6) is -0.430. The summed E-state index contributed by atoms with van der Waals surface area (Å²) >= 11 is 0. The third kappa shape index (κ3) is 2.64. The number of nitrogens with two attached hydrogens (primary N) is 1. The fraction of sp³-hybridized carbons (Fsp3) is 0.467. The largest absolute Gasteiger partial charge is 0.399 e. The molecule has 0 spiro atoms. The number of nitrogens with zero attached hydrogens (tertiary/aromatic N) is 3. The number of rotatable bonds is 3. The summed E-state index contributed by atoms with van der Waals surface area (Å²) in [7, 11) is 2.10. The maximum Gasteiger partial charge on any atom is 0.261 e. The van der Waals surface area contributed by atoms with Gasteiger partial charge in [-0.15, -0.1) is 0 Å². The highest BCUT2D eigenvalue weighted by atomic mass is 16.2. The molecule has 2 amide bonds. The first kappa shape index (κ1) is 14.0. The van der Waals surface area contributed by atoms with Crippen LogP contribution in [0.5, 0.6) is 0 Å². The summed E-state index contributed by atoms with van der Waals surface area (Å²) in [6.07, 6.45) is 0. The SMILES string of the molecule is CN1CCN(CCN2C(=O)c3ccc(N)cc3C2=O)CC1. The smallest absolute Gasteiger partial charge is 0.261 e. The maximum absolute atomic E-state index is 12.3. The van der Waals surface area contributed by atoms with Gasteiger partial charge >= 0.3 is 0 Å². The lowest BCUT2D eigenvalue weighted by Gasteiger charge is -2.33. The zero-order valence-corrected chi connectivity index (χ0v) is 12.2. The highest BCUT2D eigenvalue weighted by Crippen LogP contribution is 2.24. The normalized spacial score (nSPS) is 20.1. The van der Waals surface area contributed by atoms with E-state index in [1.54, 1.807) is 18.2 Å². The highest BCUT2D eigenvalue weighted by Gasteiger charge is 2.35. The van der Waals surface area contributed by atoms with Crippen LogP contribution in [0.1, 0.15) is 20.7 Å². The van der Waals surface area contributed by atoms with Crippen molar-refractivity contribution in [1.82, 2.24) is 14.7 Å². The van der Waals surface area contributed by atoms with Gasteiger partial charge in [-0.25, -0.2) is 0 Å². The van der Waals surface area contributed by atoms with E-state index in [0.29, 0.717) is 23.4 Å². The van der Waals surface area contributed by atoms with Crippen LogP contribution in [0.2, 0.25) is 0 Å². The molecule has 6 nitrogen and oxygen atoms in total. The molecule has 0 saturated carbocycles. The molecule has 1 fully saturated rings. The maximum atomic E-state index is 12.3. The lowest BCUT2D eigenvalue weighted by Crippen LogP contribution is -2.47. The Morgan fingerprint density at radius 2 is 1.67 bits per heavy atom. The summed E-state index contributed by atoms with van der Waals surface area (Å²) < 4.78 is 0. The van der Waals surface area contributed by atoms with E-state index in [9.17, 15) is 9.59 Å². The highest BCUT2D eigenvalue weighted by molar-refractivity contribution is 6.21. The molecule has 1 aromatic rings. The average Bonchev–Trinajstić information content (AvgIpc) is 2.70. The van der Waals surface area contributed by atoms with E-state index in [4.69, 9.17) is 5.73 Å². The first-order chi connectivity index (χ1) is 10.1. The first-order valence-corrected chi connectivity index (χ1v) is 7.23. The molecule has 0 atom stereocenters. The average molecular weight is 288 g/mol. The number of imide groups is 1. The Kier molecular flexibility index (Phi) is 3.65. The molecular formula is C15H20N4O2. The molecule has 2 aliphatic rings. The monoisotopic (exact) mass is 288 g/mol. The Morgan fingerprint density at radius 3 is 2.38 bits per heavy atom. The van der Waals surface area contributed by atoms with Gasteiger partial charge in [-0.05, 0) is 25.2 Å². The van der Waals surface area contributed by atoms with Gasteiger partial charge in [0.25, 0.3) is 11.8 Å². The quantitative estimate of drug-likeness (QED) is 0.631. The minimum absolute atomic E-state index is 0.205. The number of piperazine rings is 1. The van der Waals surface area contributed by atoms with Gasteiger partial charge in [-0.3, -0.25) is 19.4 Å². The molecule has 21 heavy (non-hydrogen) atoms. The summed E-state index contributed by atoms with van der Waals surface area (Å²) in [5.41, 5.74) is 7.10. The second-order valence-corrected chi connectivity index (χ2v) is 5.71. The van der Waals surface area contributed by atoms with Crippen molar-refractivity contribution in [2.75, 3.05) is 52.0 Å². The van der Waals surface area contributed by atoms with E-state index in [-0.39, 0.29) is 11.8 Å². The number of amides is 2. The molecule has 1 aromatic carbocycles. The summed E-state index contributed by atoms with van der Waals surface area (Å²) in [4.78, 5) is 30.5. The van der Waals surface area contributed by atoms with Crippen LogP contribution in [-0.4, -0.2) is 72.8 Å². The zero-order chi connectivity index (χ0) is 15.0.